The second-order valence-electron chi connectivity index (χ2n) is 4.58. The molecule has 1 aromatic heterocycles. The van der Waals surface area contributed by atoms with Crippen LogP contribution in [-0.4, -0.2) is 24.5 Å². The minimum absolute atomic E-state index is 0.0648. The number of pyridine rings is 1. The molecule has 1 heterocycles. The van der Waals surface area contributed by atoms with Gasteiger partial charge in [0, 0.05) is 6.20 Å². The average molecular weight is 306 g/mol. The van der Waals surface area contributed by atoms with Gasteiger partial charge in [-0.3, -0.25) is 4.72 Å². The molecule has 0 amide bonds. The summed E-state index contributed by atoms with van der Waals surface area (Å²) in [5, 5.41) is 9.03. The molecule has 0 saturated carbocycles. The Bertz CT molecular complexity index is 800. The van der Waals surface area contributed by atoms with Gasteiger partial charge in [0.2, 0.25) is 0 Å². The van der Waals surface area contributed by atoms with E-state index in [1.807, 2.05) is 6.92 Å². The summed E-state index contributed by atoms with van der Waals surface area (Å²) in [6, 6.07) is 7.74. The molecule has 0 aliphatic rings. The zero-order chi connectivity index (χ0) is 15.6. The van der Waals surface area contributed by atoms with E-state index in [0.29, 0.717) is 5.56 Å². The number of carboxylic acid groups (broad SMARTS) is 1. The molecular formula is C14H14N2O4S. The van der Waals surface area contributed by atoms with Crippen molar-refractivity contribution in [3.8, 4) is 0 Å². The molecule has 2 aromatic rings. The molecule has 2 N–H and O–H groups in total. The Morgan fingerprint density at radius 3 is 2.57 bits per heavy atom. The predicted molar refractivity (Wildman–Crippen MR) is 77.9 cm³/mol. The van der Waals surface area contributed by atoms with Crippen molar-refractivity contribution >= 4 is 21.7 Å². The number of anilines is 1. The van der Waals surface area contributed by atoms with Gasteiger partial charge in [-0.1, -0.05) is 17.7 Å². The van der Waals surface area contributed by atoms with Gasteiger partial charge < -0.3 is 5.11 Å². The maximum Gasteiger partial charge on any atom is 0.356 e. The lowest BCUT2D eigenvalue weighted by Crippen LogP contribution is -2.17. The fourth-order valence-electron chi connectivity index (χ4n) is 1.96. The van der Waals surface area contributed by atoms with Crippen molar-refractivity contribution in [3.63, 3.8) is 0 Å². The monoisotopic (exact) mass is 306 g/mol. The molecular weight excluding hydrogens is 292 g/mol. The maximum absolute atomic E-state index is 12.4. The van der Waals surface area contributed by atoms with Crippen LogP contribution in [0.2, 0.25) is 0 Å². The number of benzene rings is 1. The van der Waals surface area contributed by atoms with Gasteiger partial charge in [-0.05, 0) is 37.6 Å². The van der Waals surface area contributed by atoms with Crippen molar-refractivity contribution in [3.05, 3.63) is 53.3 Å². The van der Waals surface area contributed by atoms with Gasteiger partial charge in [-0.15, -0.1) is 0 Å². The van der Waals surface area contributed by atoms with E-state index in [2.05, 4.69) is 9.71 Å². The normalized spacial score (nSPS) is 11.1. The first-order chi connectivity index (χ1) is 9.81. The standard InChI is InChI=1S/C14H14N2O4S/c1-9-5-6-12(10(2)8-9)21(19,20)16-11-4-3-7-15-13(11)14(17)18/h3-8,16H,1-2H3,(H,17,18). The Morgan fingerprint density at radius 2 is 1.95 bits per heavy atom. The molecule has 7 heteroatoms. The molecule has 0 fully saturated rings. The highest BCUT2D eigenvalue weighted by Gasteiger charge is 2.20. The highest BCUT2D eigenvalue weighted by Crippen LogP contribution is 2.21. The summed E-state index contributed by atoms with van der Waals surface area (Å²) in [7, 11) is -3.87. The lowest BCUT2D eigenvalue weighted by atomic mass is 10.2. The zero-order valence-electron chi connectivity index (χ0n) is 11.5. The number of hydrogen-bond donors (Lipinski definition) is 2. The van der Waals surface area contributed by atoms with Gasteiger partial charge in [-0.2, -0.15) is 0 Å². The summed E-state index contributed by atoms with van der Waals surface area (Å²) in [5.74, 6) is -1.30. The number of aromatic carboxylic acids is 1. The van der Waals surface area contributed by atoms with Crippen LogP contribution in [0, 0.1) is 13.8 Å². The fourth-order valence-corrected chi connectivity index (χ4v) is 3.25. The SMILES string of the molecule is Cc1ccc(S(=O)(=O)Nc2cccnc2C(=O)O)c(C)c1. The lowest BCUT2D eigenvalue weighted by molar-refractivity contribution is 0.0692. The van der Waals surface area contributed by atoms with E-state index in [4.69, 9.17) is 5.11 Å². The van der Waals surface area contributed by atoms with Gasteiger partial charge in [-0.25, -0.2) is 18.2 Å². The van der Waals surface area contributed by atoms with Crippen LogP contribution >= 0.6 is 0 Å². The third kappa shape index (κ3) is 3.19. The minimum Gasteiger partial charge on any atom is -0.476 e. The molecule has 0 radical (unpaired) electrons. The number of aromatic nitrogens is 1. The van der Waals surface area contributed by atoms with Crippen molar-refractivity contribution in [2.75, 3.05) is 4.72 Å². The molecule has 21 heavy (non-hydrogen) atoms. The van der Waals surface area contributed by atoms with Crippen molar-refractivity contribution < 1.29 is 18.3 Å². The summed E-state index contributed by atoms with van der Waals surface area (Å²) in [6.45, 7) is 3.55. The third-order valence-electron chi connectivity index (χ3n) is 2.87. The average Bonchev–Trinajstić information content (AvgIpc) is 2.37. The van der Waals surface area contributed by atoms with Gasteiger partial charge in [0.15, 0.2) is 5.69 Å². The van der Waals surface area contributed by atoms with Gasteiger partial charge >= 0.3 is 5.97 Å². The molecule has 110 valence electrons. The van der Waals surface area contributed by atoms with Crippen molar-refractivity contribution in [1.29, 1.82) is 0 Å². The van der Waals surface area contributed by atoms with E-state index in [9.17, 15) is 13.2 Å². The Labute approximate surface area is 122 Å². The zero-order valence-corrected chi connectivity index (χ0v) is 12.3. The summed E-state index contributed by atoms with van der Waals surface area (Å²) in [5.41, 5.74) is 1.12. The van der Waals surface area contributed by atoms with Crippen LogP contribution in [0.4, 0.5) is 5.69 Å². The van der Waals surface area contributed by atoms with E-state index >= 15 is 0 Å². The number of aryl methyl sites for hydroxylation is 2. The number of sulfonamides is 1. The Balaban J connectivity index is 2.45. The molecule has 0 bridgehead atoms. The van der Waals surface area contributed by atoms with Crippen LogP contribution < -0.4 is 4.72 Å². The number of nitrogens with one attached hydrogen (secondary N) is 1. The number of hydrogen-bond acceptors (Lipinski definition) is 4. The van der Waals surface area contributed by atoms with E-state index < -0.39 is 16.0 Å². The summed E-state index contributed by atoms with van der Waals surface area (Å²) >= 11 is 0. The maximum atomic E-state index is 12.4. The number of carboxylic acids is 1. The molecule has 0 unspecified atom stereocenters. The van der Waals surface area contributed by atoms with Crippen molar-refractivity contribution in [2.45, 2.75) is 18.7 Å². The number of nitrogens with zero attached hydrogens (tertiary/aromatic N) is 1. The fraction of sp³-hybridized carbons (Fsp3) is 0.143. The van der Waals surface area contributed by atoms with E-state index in [-0.39, 0.29) is 16.3 Å². The highest BCUT2D eigenvalue weighted by molar-refractivity contribution is 7.92. The van der Waals surface area contributed by atoms with Crippen LogP contribution in [0.5, 0.6) is 0 Å². The minimum atomic E-state index is -3.87. The predicted octanol–water partition coefficient (Wildman–Crippen LogP) is 2.20. The summed E-state index contributed by atoms with van der Waals surface area (Å²) in [4.78, 5) is 14.8. The lowest BCUT2D eigenvalue weighted by Gasteiger charge is -2.12. The third-order valence-corrected chi connectivity index (χ3v) is 4.40. The van der Waals surface area contributed by atoms with E-state index in [1.54, 1.807) is 19.1 Å². The molecule has 2 rings (SSSR count). The molecule has 0 atom stereocenters. The first-order valence-corrected chi connectivity index (χ1v) is 7.58. The molecule has 0 aliphatic heterocycles. The van der Waals surface area contributed by atoms with Gasteiger partial charge in [0.25, 0.3) is 10.0 Å². The number of carbonyl (C=O) groups is 1. The van der Waals surface area contributed by atoms with Gasteiger partial charge in [0.05, 0.1) is 10.6 Å². The van der Waals surface area contributed by atoms with Gasteiger partial charge in [0.1, 0.15) is 0 Å². The second-order valence-corrected chi connectivity index (χ2v) is 6.23. The second kappa shape index (κ2) is 5.53. The van der Waals surface area contributed by atoms with Crippen LogP contribution in [0.1, 0.15) is 21.6 Å². The topological polar surface area (TPSA) is 96.4 Å². The van der Waals surface area contributed by atoms with E-state index in [1.165, 1.54) is 24.4 Å². The molecule has 6 nitrogen and oxygen atoms in total. The largest absolute Gasteiger partial charge is 0.476 e. The Morgan fingerprint density at radius 1 is 1.24 bits per heavy atom. The van der Waals surface area contributed by atoms with Crippen molar-refractivity contribution in [2.24, 2.45) is 0 Å². The Hall–Kier alpha value is -2.41. The van der Waals surface area contributed by atoms with Crippen molar-refractivity contribution in [1.82, 2.24) is 4.98 Å². The molecule has 0 aliphatic carbocycles. The first kappa shape index (κ1) is 15.0. The summed E-state index contributed by atoms with van der Waals surface area (Å²) < 4.78 is 27.0. The van der Waals surface area contributed by atoms with Crippen LogP contribution in [0.15, 0.2) is 41.4 Å². The Kier molecular flexibility index (Phi) is 3.95. The van der Waals surface area contributed by atoms with E-state index in [0.717, 1.165) is 5.56 Å². The van der Waals surface area contributed by atoms with Crippen LogP contribution in [0.25, 0.3) is 0 Å². The smallest absolute Gasteiger partial charge is 0.356 e. The highest BCUT2D eigenvalue weighted by atomic mass is 32.2. The molecule has 1 aromatic carbocycles. The van der Waals surface area contributed by atoms with Crippen LogP contribution in [0.3, 0.4) is 0 Å². The summed E-state index contributed by atoms with van der Waals surface area (Å²) in [6.07, 6.45) is 1.29. The molecule has 0 spiro atoms. The first-order valence-electron chi connectivity index (χ1n) is 6.09. The van der Waals surface area contributed by atoms with Crippen LogP contribution in [-0.2, 0) is 10.0 Å². The molecule has 0 saturated heterocycles. The number of rotatable bonds is 4. The quantitative estimate of drug-likeness (QED) is 0.902.